The van der Waals surface area contributed by atoms with Crippen molar-refractivity contribution in [2.45, 2.75) is 25.9 Å². The van der Waals surface area contributed by atoms with Gasteiger partial charge in [-0.3, -0.25) is 4.79 Å². The Bertz CT molecular complexity index is 739. The average Bonchev–Trinajstić information content (AvgIpc) is 2.76. The molecule has 2 aromatic rings. The molecule has 0 saturated heterocycles. The van der Waals surface area contributed by atoms with Crippen LogP contribution in [-0.4, -0.2) is 24.7 Å². The van der Waals surface area contributed by atoms with Crippen LogP contribution >= 0.6 is 0 Å². The monoisotopic (exact) mass is 311 g/mol. The van der Waals surface area contributed by atoms with E-state index in [1.165, 1.54) is 0 Å². The van der Waals surface area contributed by atoms with E-state index in [4.69, 9.17) is 4.74 Å². The van der Waals surface area contributed by atoms with Crippen molar-refractivity contribution in [3.8, 4) is 5.75 Å². The van der Waals surface area contributed by atoms with Gasteiger partial charge in [0.25, 0.3) is 5.91 Å². The predicted molar refractivity (Wildman–Crippen MR) is 89.8 cm³/mol. The highest BCUT2D eigenvalue weighted by Gasteiger charge is 2.49. The Morgan fingerprint density at radius 2 is 1.87 bits per heavy atom. The molecule has 2 aromatic carbocycles. The first-order chi connectivity index (χ1) is 11.0. The van der Waals surface area contributed by atoms with Crippen LogP contribution in [-0.2, 0) is 16.8 Å². The van der Waals surface area contributed by atoms with E-state index in [0.29, 0.717) is 12.1 Å². The summed E-state index contributed by atoms with van der Waals surface area (Å²) in [5, 5.41) is 11.2. The quantitative estimate of drug-likeness (QED) is 0.944. The topological polar surface area (TPSA) is 49.8 Å². The van der Waals surface area contributed by atoms with Gasteiger partial charge in [-0.1, -0.05) is 29.8 Å². The fourth-order valence-corrected chi connectivity index (χ4v) is 3.19. The van der Waals surface area contributed by atoms with Gasteiger partial charge < -0.3 is 14.7 Å². The zero-order valence-electron chi connectivity index (χ0n) is 13.7. The Hall–Kier alpha value is -2.33. The molecule has 0 radical (unpaired) electrons. The fraction of sp³-hybridized carbons (Fsp3) is 0.316. The summed E-state index contributed by atoms with van der Waals surface area (Å²) in [6, 6.07) is 13.2. The maximum Gasteiger partial charge on any atom is 0.264 e. The lowest BCUT2D eigenvalue weighted by Crippen LogP contribution is -2.41. The second-order valence-electron chi connectivity index (χ2n) is 5.96. The molecule has 1 amide bonds. The highest BCUT2D eigenvalue weighted by atomic mass is 16.5. The molecule has 4 nitrogen and oxygen atoms in total. The smallest absolute Gasteiger partial charge is 0.264 e. The Balaban J connectivity index is 2.02. The first-order valence-corrected chi connectivity index (χ1v) is 7.78. The maximum atomic E-state index is 12.8. The third-order valence-corrected chi connectivity index (χ3v) is 4.42. The number of ether oxygens (including phenoxy) is 1. The summed E-state index contributed by atoms with van der Waals surface area (Å²) < 4.78 is 5.15. The minimum absolute atomic E-state index is 0.253. The molecule has 0 spiro atoms. The molecule has 3 rings (SSSR count). The van der Waals surface area contributed by atoms with Crippen molar-refractivity contribution < 1.29 is 14.6 Å². The van der Waals surface area contributed by atoms with Crippen LogP contribution in [0.3, 0.4) is 0 Å². The van der Waals surface area contributed by atoms with E-state index < -0.39 is 5.60 Å². The average molecular weight is 311 g/mol. The molecule has 0 fully saturated rings. The summed E-state index contributed by atoms with van der Waals surface area (Å²) in [4.78, 5) is 14.5. The lowest BCUT2D eigenvalue weighted by atomic mass is 9.87. The molecule has 0 bridgehead atoms. The van der Waals surface area contributed by atoms with Crippen LogP contribution in [0, 0.1) is 6.92 Å². The molecule has 1 heterocycles. The Kier molecular flexibility index (Phi) is 3.86. The molecule has 1 aliphatic heterocycles. The number of methoxy groups -OCH3 is 1. The van der Waals surface area contributed by atoms with Gasteiger partial charge in [0.05, 0.1) is 12.8 Å². The van der Waals surface area contributed by atoms with Crippen molar-refractivity contribution in [3.63, 3.8) is 0 Å². The standard InChI is InChI=1S/C19H21NO3/c1-4-20-17-10-5-13(2)11-16(17)19(22,18(20)21)12-14-6-8-15(23-3)9-7-14/h5-11,22H,4,12H2,1-3H3. The highest BCUT2D eigenvalue weighted by molar-refractivity contribution is 6.07. The lowest BCUT2D eigenvalue weighted by molar-refractivity contribution is -0.135. The molecular formula is C19H21NO3. The minimum atomic E-state index is -1.51. The molecule has 23 heavy (non-hydrogen) atoms. The van der Waals surface area contributed by atoms with E-state index in [-0.39, 0.29) is 12.3 Å². The van der Waals surface area contributed by atoms with Gasteiger partial charge in [0.15, 0.2) is 5.60 Å². The summed E-state index contributed by atoms with van der Waals surface area (Å²) in [6.45, 7) is 4.42. The fourth-order valence-electron chi connectivity index (χ4n) is 3.19. The molecule has 0 aromatic heterocycles. The van der Waals surface area contributed by atoms with Crippen molar-refractivity contribution in [1.29, 1.82) is 0 Å². The number of carbonyl (C=O) groups is 1. The number of anilines is 1. The zero-order valence-corrected chi connectivity index (χ0v) is 13.7. The van der Waals surface area contributed by atoms with Gasteiger partial charge in [0.1, 0.15) is 5.75 Å². The number of likely N-dealkylation sites (N-methyl/N-ethyl adjacent to an activating group) is 1. The number of rotatable bonds is 4. The van der Waals surface area contributed by atoms with Crippen molar-refractivity contribution in [2.75, 3.05) is 18.6 Å². The number of aliphatic hydroxyl groups is 1. The van der Waals surface area contributed by atoms with Gasteiger partial charge in [0.2, 0.25) is 0 Å². The van der Waals surface area contributed by atoms with E-state index in [1.54, 1.807) is 12.0 Å². The molecule has 4 heteroatoms. The maximum absolute atomic E-state index is 12.8. The van der Waals surface area contributed by atoms with Crippen LogP contribution in [0.15, 0.2) is 42.5 Å². The molecule has 1 N–H and O–H groups in total. The molecule has 120 valence electrons. The number of amides is 1. The van der Waals surface area contributed by atoms with Crippen molar-refractivity contribution >= 4 is 11.6 Å². The summed E-state index contributed by atoms with van der Waals surface area (Å²) in [5.41, 5.74) is 1.92. The number of hydrogen-bond acceptors (Lipinski definition) is 3. The van der Waals surface area contributed by atoms with E-state index in [2.05, 4.69) is 0 Å². The van der Waals surface area contributed by atoms with Gasteiger partial charge >= 0.3 is 0 Å². The number of benzene rings is 2. The number of aryl methyl sites for hydroxylation is 1. The summed E-state index contributed by atoms with van der Waals surface area (Å²) >= 11 is 0. The summed E-state index contributed by atoms with van der Waals surface area (Å²) in [7, 11) is 1.61. The third kappa shape index (κ3) is 2.49. The van der Waals surface area contributed by atoms with Crippen LogP contribution in [0.5, 0.6) is 5.75 Å². The largest absolute Gasteiger partial charge is 0.497 e. The van der Waals surface area contributed by atoms with Crippen LogP contribution in [0.4, 0.5) is 5.69 Å². The number of carbonyl (C=O) groups excluding carboxylic acids is 1. The number of fused-ring (bicyclic) bond motifs is 1. The second kappa shape index (κ2) is 5.70. The van der Waals surface area contributed by atoms with Gasteiger partial charge in [-0.25, -0.2) is 0 Å². The van der Waals surface area contributed by atoms with Gasteiger partial charge in [0, 0.05) is 18.5 Å². The van der Waals surface area contributed by atoms with Crippen LogP contribution in [0.1, 0.15) is 23.6 Å². The third-order valence-electron chi connectivity index (χ3n) is 4.42. The van der Waals surface area contributed by atoms with Crippen molar-refractivity contribution in [1.82, 2.24) is 0 Å². The molecule has 1 aliphatic rings. The van der Waals surface area contributed by atoms with Crippen molar-refractivity contribution in [2.24, 2.45) is 0 Å². The number of hydrogen-bond donors (Lipinski definition) is 1. The highest BCUT2D eigenvalue weighted by Crippen LogP contribution is 2.42. The van der Waals surface area contributed by atoms with Crippen LogP contribution < -0.4 is 9.64 Å². The van der Waals surface area contributed by atoms with Crippen LogP contribution in [0.25, 0.3) is 0 Å². The lowest BCUT2D eigenvalue weighted by Gasteiger charge is -2.23. The van der Waals surface area contributed by atoms with E-state index in [9.17, 15) is 9.90 Å². The normalized spacial score (nSPS) is 19.8. The van der Waals surface area contributed by atoms with E-state index >= 15 is 0 Å². The molecule has 1 unspecified atom stereocenters. The van der Waals surface area contributed by atoms with Gasteiger partial charge in [-0.15, -0.1) is 0 Å². The first-order valence-electron chi connectivity index (χ1n) is 7.78. The van der Waals surface area contributed by atoms with Crippen molar-refractivity contribution in [3.05, 3.63) is 59.2 Å². The van der Waals surface area contributed by atoms with E-state index in [0.717, 1.165) is 22.6 Å². The minimum Gasteiger partial charge on any atom is -0.497 e. The Labute approximate surface area is 136 Å². The molecular weight excluding hydrogens is 290 g/mol. The predicted octanol–water partition coefficient (Wildman–Crippen LogP) is 2.80. The van der Waals surface area contributed by atoms with Gasteiger partial charge in [-0.2, -0.15) is 0 Å². The molecule has 0 aliphatic carbocycles. The summed E-state index contributed by atoms with van der Waals surface area (Å²) in [6.07, 6.45) is 0.253. The van der Waals surface area contributed by atoms with Gasteiger partial charge in [-0.05, 0) is 37.6 Å². The Morgan fingerprint density at radius 3 is 2.48 bits per heavy atom. The zero-order chi connectivity index (χ0) is 16.6. The number of nitrogens with zero attached hydrogens (tertiary/aromatic N) is 1. The van der Waals surface area contributed by atoms with E-state index in [1.807, 2.05) is 56.3 Å². The van der Waals surface area contributed by atoms with Crippen LogP contribution in [0.2, 0.25) is 0 Å². The SMILES string of the molecule is CCN1C(=O)C(O)(Cc2ccc(OC)cc2)c2cc(C)ccc21. The summed E-state index contributed by atoms with van der Waals surface area (Å²) in [5.74, 6) is 0.501. The molecule has 0 saturated carbocycles. The molecule has 1 atom stereocenters. The second-order valence-corrected chi connectivity index (χ2v) is 5.96. The first kappa shape index (κ1) is 15.6. The Morgan fingerprint density at radius 1 is 1.17 bits per heavy atom.